The smallest absolute Gasteiger partial charge is 0.140 e. The molecule has 0 spiro atoms. The van der Waals surface area contributed by atoms with Gasteiger partial charge < -0.3 is 14.6 Å². The van der Waals surface area contributed by atoms with Crippen LogP contribution in [-0.2, 0) is 10.8 Å². The molecule has 0 bridgehead atoms. The average molecular weight is 290 g/mol. The first-order chi connectivity index (χ1) is 9.67. The zero-order valence-corrected chi connectivity index (χ0v) is 11.7. The molecule has 0 saturated heterocycles. The third kappa shape index (κ3) is 2.36. The van der Waals surface area contributed by atoms with Crippen molar-refractivity contribution in [2.24, 2.45) is 0 Å². The summed E-state index contributed by atoms with van der Waals surface area (Å²) >= 11 is 0. The molecule has 2 aromatic carbocycles. The van der Waals surface area contributed by atoms with Gasteiger partial charge in [-0.15, -0.1) is 0 Å². The average Bonchev–Trinajstić information content (AvgIpc) is 2.46. The summed E-state index contributed by atoms with van der Waals surface area (Å²) in [7, 11) is 0.483. The Kier molecular flexibility index (Phi) is 3.36. The maximum absolute atomic E-state index is 12.2. The molecule has 20 heavy (non-hydrogen) atoms. The Labute approximate surface area is 119 Å². The first-order valence-corrected chi connectivity index (χ1v) is 7.51. The topological polar surface area (TPSA) is 55.8 Å². The summed E-state index contributed by atoms with van der Waals surface area (Å²) in [4.78, 5) is 0.632. The molecule has 1 aliphatic heterocycles. The molecule has 1 aliphatic rings. The molecule has 0 aliphatic carbocycles. The van der Waals surface area contributed by atoms with Gasteiger partial charge in [-0.1, -0.05) is 12.1 Å². The fourth-order valence-corrected chi connectivity index (χ4v) is 3.44. The number of aromatic hydroxyl groups is 1. The van der Waals surface area contributed by atoms with E-state index in [1.807, 2.05) is 24.3 Å². The lowest BCUT2D eigenvalue weighted by Gasteiger charge is -2.26. The lowest BCUT2D eigenvalue weighted by Crippen LogP contribution is -2.21. The van der Waals surface area contributed by atoms with E-state index in [9.17, 15) is 9.32 Å². The van der Waals surface area contributed by atoms with E-state index in [2.05, 4.69) is 0 Å². The summed E-state index contributed by atoms with van der Waals surface area (Å²) in [5.74, 6) is 1.76. The number of fused-ring (bicyclic) bond motifs is 1. The largest absolute Gasteiger partial charge is 0.508 e. The quantitative estimate of drug-likeness (QED) is 0.924. The molecule has 3 rings (SSSR count). The Balaban J connectivity index is 1.91. The monoisotopic (exact) mass is 290 g/mol. The Hall–Kier alpha value is -2.01. The molecule has 0 aromatic heterocycles. The maximum atomic E-state index is 12.2. The number of phenols is 1. The van der Waals surface area contributed by atoms with Gasteiger partial charge in [-0.2, -0.15) is 0 Å². The summed E-state index contributed by atoms with van der Waals surface area (Å²) in [5, 5.41) is 9.50. The fraction of sp³-hybridized carbons (Fsp3) is 0.200. The minimum Gasteiger partial charge on any atom is -0.508 e. The Morgan fingerprint density at radius 1 is 1.25 bits per heavy atom. The van der Waals surface area contributed by atoms with Crippen molar-refractivity contribution in [3.63, 3.8) is 0 Å². The highest BCUT2D eigenvalue weighted by Gasteiger charge is 2.27. The van der Waals surface area contributed by atoms with Crippen LogP contribution in [0.1, 0.15) is 11.7 Å². The normalized spacial score (nSPS) is 20.9. The minimum absolute atomic E-state index is 0.108. The van der Waals surface area contributed by atoms with E-state index < -0.39 is 10.8 Å². The molecule has 2 aromatic rings. The van der Waals surface area contributed by atoms with E-state index in [1.165, 1.54) is 12.1 Å². The molecule has 104 valence electrons. The fourth-order valence-electron chi connectivity index (χ4n) is 2.17. The number of methoxy groups -OCH3 is 1. The second-order valence-electron chi connectivity index (χ2n) is 4.52. The van der Waals surface area contributed by atoms with Crippen molar-refractivity contribution in [1.29, 1.82) is 0 Å². The lowest BCUT2D eigenvalue weighted by molar-refractivity contribution is 0.217. The lowest BCUT2D eigenvalue weighted by atomic mass is 10.1. The van der Waals surface area contributed by atoms with E-state index in [4.69, 9.17) is 9.47 Å². The number of ether oxygens (including phenoxy) is 2. The predicted octanol–water partition coefficient (Wildman–Crippen LogP) is 2.64. The molecule has 1 heterocycles. The van der Waals surface area contributed by atoms with Crippen LogP contribution in [0, 0.1) is 0 Å². The van der Waals surface area contributed by atoms with Gasteiger partial charge in [0.1, 0.15) is 23.4 Å². The molecule has 4 nitrogen and oxygen atoms in total. The summed E-state index contributed by atoms with van der Waals surface area (Å²) in [6.07, 6.45) is -0.281. The number of rotatable bonds is 2. The highest BCUT2D eigenvalue weighted by molar-refractivity contribution is 7.85. The van der Waals surface area contributed by atoms with Crippen molar-refractivity contribution in [2.75, 3.05) is 12.9 Å². The van der Waals surface area contributed by atoms with Crippen molar-refractivity contribution in [2.45, 2.75) is 11.0 Å². The molecule has 1 N–H and O–H groups in total. The number of hydrogen-bond acceptors (Lipinski definition) is 4. The number of hydrogen-bond donors (Lipinski definition) is 1. The van der Waals surface area contributed by atoms with Crippen LogP contribution in [0.25, 0.3) is 0 Å². The van der Waals surface area contributed by atoms with Crippen LogP contribution in [0.5, 0.6) is 17.2 Å². The summed E-state index contributed by atoms with van der Waals surface area (Å²) < 4.78 is 23.2. The Morgan fingerprint density at radius 2 is 2.00 bits per heavy atom. The van der Waals surface area contributed by atoms with Crippen LogP contribution < -0.4 is 9.47 Å². The van der Waals surface area contributed by atoms with Gasteiger partial charge in [0.25, 0.3) is 0 Å². The molecular weight excluding hydrogens is 276 g/mol. The second kappa shape index (κ2) is 5.17. The zero-order chi connectivity index (χ0) is 14.1. The summed E-state index contributed by atoms with van der Waals surface area (Å²) in [5.41, 5.74) is 0.938. The van der Waals surface area contributed by atoms with Gasteiger partial charge in [0.2, 0.25) is 0 Å². The van der Waals surface area contributed by atoms with E-state index >= 15 is 0 Å². The van der Waals surface area contributed by atoms with Crippen LogP contribution in [0.4, 0.5) is 0 Å². The predicted molar refractivity (Wildman–Crippen MR) is 75.7 cm³/mol. The highest BCUT2D eigenvalue weighted by atomic mass is 32.2. The summed E-state index contributed by atoms with van der Waals surface area (Å²) in [6, 6.07) is 12.2. The van der Waals surface area contributed by atoms with Gasteiger partial charge in [0, 0.05) is 6.07 Å². The van der Waals surface area contributed by atoms with Crippen LogP contribution in [0.3, 0.4) is 0 Å². The van der Waals surface area contributed by atoms with Gasteiger partial charge in [0.05, 0.1) is 28.6 Å². The van der Waals surface area contributed by atoms with Crippen molar-refractivity contribution in [3.05, 3.63) is 48.0 Å². The standard InChI is InChI=1S/C15H14O4S/c1-18-12-5-2-10(3-6-12)14-9-20(17)15-7-4-11(16)8-13(15)19-14/h2-8,14,16H,9H2,1H3. The van der Waals surface area contributed by atoms with E-state index in [-0.39, 0.29) is 11.9 Å². The molecule has 2 atom stereocenters. The van der Waals surface area contributed by atoms with Crippen LogP contribution in [0.15, 0.2) is 47.4 Å². The first-order valence-electron chi connectivity index (χ1n) is 6.19. The zero-order valence-electron chi connectivity index (χ0n) is 10.9. The SMILES string of the molecule is COc1ccc(C2CS(=O)c3ccc(O)cc3O2)cc1. The van der Waals surface area contributed by atoms with Gasteiger partial charge >= 0.3 is 0 Å². The molecule has 0 amide bonds. The highest BCUT2D eigenvalue weighted by Crippen LogP contribution is 2.36. The molecular formula is C15H14O4S. The van der Waals surface area contributed by atoms with Crippen LogP contribution >= 0.6 is 0 Å². The van der Waals surface area contributed by atoms with E-state index in [1.54, 1.807) is 13.2 Å². The van der Waals surface area contributed by atoms with Crippen molar-refractivity contribution >= 4 is 10.8 Å². The third-order valence-electron chi connectivity index (χ3n) is 3.23. The molecule has 0 fully saturated rings. The molecule has 2 unspecified atom stereocenters. The van der Waals surface area contributed by atoms with Gasteiger partial charge in [0.15, 0.2) is 0 Å². The van der Waals surface area contributed by atoms with Gasteiger partial charge in [-0.25, -0.2) is 0 Å². The third-order valence-corrected chi connectivity index (χ3v) is 4.67. The molecule has 0 radical (unpaired) electrons. The van der Waals surface area contributed by atoms with Gasteiger partial charge in [-0.3, -0.25) is 4.21 Å². The number of benzene rings is 2. The first kappa shape index (κ1) is 13.0. The Morgan fingerprint density at radius 3 is 2.70 bits per heavy atom. The Bertz CT molecular complexity index is 651. The minimum atomic E-state index is -1.13. The van der Waals surface area contributed by atoms with E-state index in [0.717, 1.165) is 11.3 Å². The second-order valence-corrected chi connectivity index (χ2v) is 5.99. The van der Waals surface area contributed by atoms with Crippen LogP contribution in [0.2, 0.25) is 0 Å². The van der Waals surface area contributed by atoms with E-state index in [0.29, 0.717) is 16.4 Å². The van der Waals surface area contributed by atoms with Crippen molar-refractivity contribution < 1.29 is 18.8 Å². The molecule has 0 saturated carbocycles. The maximum Gasteiger partial charge on any atom is 0.140 e. The van der Waals surface area contributed by atoms with Crippen molar-refractivity contribution in [1.82, 2.24) is 0 Å². The van der Waals surface area contributed by atoms with Gasteiger partial charge in [-0.05, 0) is 29.8 Å². The number of phenolic OH excluding ortho intramolecular Hbond substituents is 1. The van der Waals surface area contributed by atoms with Crippen molar-refractivity contribution in [3.8, 4) is 17.2 Å². The van der Waals surface area contributed by atoms with Crippen LogP contribution in [-0.4, -0.2) is 22.2 Å². The summed E-state index contributed by atoms with van der Waals surface area (Å²) in [6.45, 7) is 0. The molecule has 5 heteroatoms.